The van der Waals surface area contributed by atoms with E-state index in [1.165, 1.54) is 24.4 Å². The number of pyridine rings is 1. The van der Waals surface area contributed by atoms with E-state index in [0.29, 0.717) is 0 Å². The number of hydrogen-bond donors (Lipinski definition) is 1. The van der Waals surface area contributed by atoms with Gasteiger partial charge in [-0.05, 0) is 12.1 Å². The number of nitriles is 1. The van der Waals surface area contributed by atoms with Gasteiger partial charge in [0, 0.05) is 6.20 Å². The van der Waals surface area contributed by atoms with Crippen molar-refractivity contribution in [2.75, 3.05) is 0 Å². The van der Waals surface area contributed by atoms with Crippen LogP contribution in [-0.4, -0.2) is 21.7 Å². The Balaban J connectivity index is 2.81. The van der Waals surface area contributed by atoms with Gasteiger partial charge in [0.25, 0.3) is 0 Å². The van der Waals surface area contributed by atoms with Gasteiger partial charge < -0.3 is 5.11 Å². The van der Waals surface area contributed by atoms with Gasteiger partial charge in [-0.2, -0.15) is 5.26 Å². The lowest BCUT2D eigenvalue weighted by Crippen LogP contribution is -2.24. The van der Waals surface area contributed by atoms with E-state index in [0.717, 1.165) is 0 Å². The summed E-state index contributed by atoms with van der Waals surface area (Å²) in [6, 6.07) is 4.36. The van der Waals surface area contributed by atoms with Crippen molar-refractivity contribution in [3.63, 3.8) is 0 Å². The lowest BCUT2D eigenvalue weighted by Gasteiger charge is -2.11. The van der Waals surface area contributed by atoms with Crippen molar-refractivity contribution < 1.29 is 14.7 Å². The minimum atomic E-state index is -0.990. The number of ketones is 2. The topological polar surface area (TPSA) is 91.0 Å². The van der Waals surface area contributed by atoms with Gasteiger partial charge in [0.15, 0.2) is 5.76 Å². The fraction of sp³-hybridized carbons (Fsp3) is 0. The van der Waals surface area contributed by atoms with E-state index >= 15 is 0 Å². The lowest BCUT2D eigenvalue weighted by molar-refractivity contribution is -0.111. The van der Waals surface area contributed by atoms with Crippen LogP contribution in [0.3, 0.4) is 0 Å². The van der Waals surface area contributed by atoms with Crippen LogP contribution in [-0.2, 0) is 4.79 Å². The van der Waals surface area contributed by atoms with Crippen molar-refractivity contribution in [1.29, 1.82) is 5.26 Å². The first-order valence-corrected chi connectivity index (χ1v) is 4.04. The van der Waals surface area contributed by atoms with Gasteiger partial charge in [0.05, 0.1) is 5.56 Å². The van der Waals surface area contributed by atoms with Crippen molar-refractivity contribution >= 4 is 17.3 Å². The van der Waals surface area contributed by atoms with Crippen LogP contribution in [0.25, 0.3) is 5.76 Å². The minimum Gasteiger partial charge on any atom is -0.504 e. The van der Waals surface area contributed by atoms with Crippen LogP contribution < -0.4 is 0 Å². The number of carbonyl (C=O) groups is 2. The molecule has 5 nitrogen and oxygen atoms in total. The van der Waals surface area contributed by atoms with Crippen LogP contribution in [0.4, 0.5) is 0 Å². The molecule has 0 amide bonds. The van der Waals surface area contributed by atoms with Gasteiger partial charge in [-0.15, -0.1) is 0 Å². The Hall–Kier alpha value is -2.48. The van der Waals surface area contributed by atoms with Crippen LogP contribution in [0.2, 0.25) is 0 Å². The first-order valence-electron chi connectivity index (χ1n) is 4.04. The molecule has 0 spiro atoms. The van der Waals surface area contributed by atoms with Gasteiger partial charge in [-0.1, -0.05) is 0 Å². The highest BCUT2D eigenvalue weighted by molar-refractivity contribution is 6.53. The summed E-state index contributed by atoms with van der Waals surface area (Å²) in [4.78, 5) is 26.5. The first-order chi connectivity index (χ1) is 7.16. The third-order valence-corrected chi connectivity index (χ3v) is 2.06. The molecule has 1 aromatic rings. The largest absolute Gasteiger partial charge is 0.504 e. The number of aliphatic hydroxyl groups is 1. The van der Waals surface area contributed by atoms with Crippen LogP contribution in [0.1, 0.15) is 16.1 Å². The summed E-state index contributed by atoms with van der Waals surface area (Å²) in [5.41, 5.74) is -0.538. The van der Waals surface area contributed by atoms with E-state index < -0.39 is 22.9 Å². The number of rotatable bonds is 0. The first kappa shape index (κ1) is 9.09. The third kappa shape index (κ3) is 1.12. The number of Topliss-reactive ketones (excluding diaryl/α,β-unsaturated/α-hetero) is 2. The SMILES string of the molecule is N#CC1=C(O)c2ncccc2C(=O)C1=O. The predicted molar refractivity (Wildman–Crippen MR) is 48.7 cm³/mol. The average molecular weight is 200 g/mol. The van der Waals surface area contributed by atoms with Gasteiger partial charge >= 0.3 is 0 Å². The Morgan fingerprint density at radius 1 is 1.33 bits per heavy atom. The molecular weight excluding hydrogens is 196 g/mol. The fourth-order valence-corrected chi connectivity index (χ4v) is 1.34. The summed E-state index contributed by atoms with van der Waals surface area (Å²) in [7, 11) is 0. The van der Waals surface area contributed by atoms with Gasteiger partial charge in [-0.3, -0.25) is 14.6 Å². The molecule has 0 unspecified atom stereocenters. The van der Waals surface area contributed by atoms with Crippen molar-refractivity contribution in [2.45, 2.75) is 0 Å². The molecule has 0 aromatic carbocycles. The molecule has 0 saturated carbocycles. The monoisotopic (exact) mass is 200 g/mol. The van der Waals surface area contributed by atoms with Crippen molar-refractivity contribution in [3.05, 3.63) is 35.2 Å². The van der Waals surface area contributed by atoms with E-state index in [4.69, 9.17) is 5.26 Å². The van der Waals surface area contributed by atoms with Gasteiger partial charge in [0.2, 0.25) is 11.6 Å². The zero-order valence-corrected chi connectivity index (χ0v) is 7.39. The number of fused-ring (bicyclic) bond motifs is 1. The Kier molecular flexibility index (Phi) is 1.83. The molecule has 0 atom stereocenters. The number of allylic oxidation sites excluding steroid dienone is 1. The zero-order chi connectivity index (χ0) is 11.0. The number of hydrogen-bond acceptors (Lipinski definition) is 5. The van der Waals surface area contributed by atoms with Crippen LogP contribution in [0, 0.1) is 11.3 Å². The standard InChI is InChI=1S/C10H4N2O3/c11-4-6-8(13)7-5(2-1-3-12-7)9(14)10(6)15/h1-3,13H. The number of carbonyl (C=O) groups excluding carboxylic acids is 2. The van der Waals surface area contributed by atoms with E-state index in [9.17, 15) is 14.7 Å². The summed E-state index contributed by atoms with van der Waals surface area (Å²) < 4.78 is 0. The molecule has 0 fully saturated rings. The summed E-state index contributed by atoms with van der Waals surface area (Å²) in [5.74, 6) is -2.33. The predicted octanol–water partition coefficient (Wildman–Crippen LogP) is 0.640. The lowest BCUT2D eigenvalue weighted by atomic mass is 9.92. The van der Waals surface area contributed by atoms with Crippen molar-refractivity contribution in [3.8, 4) is 6.07 Å². The number of nitrogens with zero attached hydrogens (tertiary/aromatic N) is 2. The van der Waals surface area contributed by atoms with E-state index in [1.54, 1.807) is 0 Å². The molecule has 1 aromatic heterocycles. The highest BCUT2D eigenvalue weighted by atomic mass is 16.3. The second-order valence-corrected chi connectivity index (χ2v) is 2.89. The second kappa shape index (κ2) is 3.03. The van der Waals surface area contributed by atoms with E-state index in [1.807, 2.05) is 0 Å². The summed E-state index contributed by atoms with van der Waals surface area (Å²) in [5, 5.41) is 18.1. The highest BCUT2D eigenvalue weighted by Crippen LogP contribution is 2.24. The summed E-state index contributed by atoms with van der Waals surface area (Å²) in [6.07, 6.45) is 1.37. The molecule has 1 aliphatic rings. The Morgan fingerprint density at radius 2 is 2.07 bits per heavy atom. The van der Waals surface area contributed by atoms with Crippen LogP contribution in [0.5, 0.6) is 0 Å². The van der Waals surface area contributed by atoms with E-state index in [-0.39, 0.29) is 11.3 Å². The average Bonchev–Trinajstić information content (AvgIpc) is 2.27. The maximum Gasteiger partial charge on any atom is 0.247 e. The smallest absolute Gasteiger partial charge is 0.247 e. The molecule has 0 bridgehead atoms. The molecule has 2 rings (SSSR count). The Labute approximate surface area is 84.3 Å². The van der Waals surface area contributed by atoms with Gasteiger partial charge in [0.1, 0.15) is 17.3 Å². The number of aromatic nitrogens is 1. The molecule has 15 heavy (non-hydrogen) atoms. The summed E-state index contributed by atoms with van der Waals surface area (Å²) >= 11 is 0. The van der Waals surface area contributed by atoms with Crippen LogP contribution >= 0.6 is 0 Å². The molecule has 72 valence electrons. The Bertz CT molecular complexity index is 552. The number of aliphatic hydroxyl groups excluding tert-OH is 1. The normalized spacial score (nSPS) is 14.9. The second-order valence-electron chi connectivity index (χ2n) is 2.89. The molecule has 5 heteroatoms. The molecule has 0 saturated heterocycles. The maximum absolute atomic E-state index is 11.4. The maximum atomic E-state index is 11.4. The highest BCUT2D eigenvalue weighted by Gasteiger charge is 2.33. The minimum absolute atomic E-state index is 0.0151. The van der Waals surface area contributed by atoms with Crippen molar-refractivity contribution in [1.82, 2.24) is 4.98 Å². The molecule has 0 radical (unpaired) electrons. The zero-order valence-electron chi connectivity index (χ0n) is 7.39. The molecular formula is C10H4N2O3. The molecule has 1 aliphatic carbocycles. The quantitative estimate of drug-likeness (QED) is 0.620. The van der Waals surface area contributed by atoms with Crippen molar-refractivity contribution in [2.24, 2.45) is 0 Å². The van der Waals surface area contributed by atoms with Crippen LogP contribution in [0.15, 0.2) is 23.9 Å². The Morgan fingerprint density at radius 3 is 2.73 bits per heavy atom. The molecule has 0 aliphatic heterocycles. The summed E-state index contributed by atoms with van der Waals surface area (Å²) in [6.45, 7) is 0. The molecule has 1 N–H and O–H groups in total. The van der Waals surface area contributed by atoms with Gasteiger partial charge in [-0.25, -0.2) is 0 Å². The fourth-order valence-electron chi connectivity index (χ4n) is 1.34. The third-order valence-electron chi connectivity index (χ3n) is 2.06. The molecule has 1 heterocycles. The van der Waals surface area contributed by atoms with E-state index in [2.05, 4.69) is 4.98 Å².